The lowest BCUT2D eigenvalue weighted by atomic mass is 9.85. The van der Waals surface area contributed by atoms with E-state index >= 15 is 0 Å². The van der Waals surface area contributed by atoms with Crippen LogP contribution >= 0.6 is 11.6 Å². The fourth-order valence-corrected chi connectivity index (χ4v) is 2.30. The Balaban J connectivity index is 1.90. The van der Waals surface area contributed by atoms with Gasteiger partial charge in [0.05, 0.1) is 10.7 Å². The van der Waals surface area contributed by atoms with Crippen LogP contribution < -0.4 is 5.73 Å². The van der Waals surface area contributed by atoms with Crippen LogP contribution in [0.2, 0.25) is 5.02 Å². The maximum absolute atomic E-state index is 6.02. The molecule has 6 heteroatoms. The number of aromatic nitrogens is 4. The van der Waals surface area contributed by atoms with Gasteiger partial charge in [-0.1, -0.05) is 18.0 Å². The fourth-order valence-electron chi connectivity index (χ4n) is 2.12. The number of nitrogen functional groups attached to an aromatic ring is 1. The molecule has 1 aromatic heterocycles. The Kier molecular flexibility index (Phi) is 2.91. The van der Waals surface area contributed by atoms with Crippen molar-refractivity contribution in [3.63, 3.8) is 0 Å². The van der Waals surface area contributed by atoms with Crippen molar-refractivity contribution in [3.05, 3.63) is 23.2 Å². The van der Waals surface area contributed by atoms with Crippen molar-refractivity contribution in [2.45, 2.75) is 25.8 Å². The summed E-state index contributed by atoms with van der Waals surface area (Å²) in [6.07, 6.45) is 3.85. The molecule has 2 N–H and O–H groups in total. The normalized spacial score (nSPS) is 15.6. The topological polar surface area (TPSA) is 69.6 Å². The molecule has 1 aliphatic carbocycles. The van der Waals surface area contributed by atoms with Crippen LogP contribution in [0.1, 0.15) is 19.3 Å². The number of anilines is 1. The molecular weight excluding hydrogens is 250 g/mol. The minimum atomic E-state index is 0.533. The Morgan fingerprint density at radius 1 is 1.39 bits per heavy atom. The predicted molar refractivity (Wildman–Crippen MR) is 70.0 cm³/mol. The number of rotatable bonds is 3. The Morgan fingerprint density at radius 2 is 2.22 bits per heavy atom. The van der Waals surface area contributed by atoms with E-state index in [1.807, 2.05) is 10.7 Å². The van der Waals surface area contributed by atoms with Gasteiger partial charge >= 0.3 is 0 Å². The van der Waals surface area contributed by atoms with E-state index in [0.29, 0.717) is 16.6 Å². The van der Waals surface area contributed by atoms with Gasteiger partial charge in [0, 0.05) is 12.1 Å². The quantitative estimate of drug-likeness (QED) is 0.863. The third-order valence-corrected chi connectivity index (χ3v) is 3.77. The Labute approximate surface area is 110 Å². The molecule has 0 spiro atoms. The summed E-state index contributed by atoms with van der Waals surface area (Å²) in [4.78, 5) is 0. The summed E-state index contributed by atoms with van der Waals surface area (Å²) in [7, 11) is 0. The highest BCUT2D eigenvalue weighted by molar-refractivity contribution is 6.33. The molecule has 1 heterocycles. The summed E-state index contributed by atoms with van der Waals surface area (Å²) in [6, 6.07) is 5.48. The van der Waals surface area contributed by atoms with E-state index in [4.69, 9.17) is 17.3 Å². The molecule has 0 radical (unpaired) electrons. The lowest BCUT2D eigenvalue weighted by molar-refractivity contribution is 0.265. The van der Waals surface area contributed by atoms with Crippen LogP contribution in [0.5, 0.6) is 0 Å². The van der Waals surface area contributed by atoms with E-state index in [0.717, 1.165) is 17.9 Å². The van der Waals surface area contributed by atoms with E-state index in [1.54, 1.807) is 12.1 Å². The summed E-state index contributed by atoms with van der Waals surface area (Å²) in [5.41, 5.74) is 7.17. The molecule has 1 fully saturated rings. The summed E-state index contributed by atoms with van der Waals surface area (Å²) < 4.78 is 1.85. The van der Waals surface area contributed by atoms with Crippen molar-refractivity contribution in [2.75, 3.05) is 5.73 Å². The van der Waals surface area contributed by atoms with E-state index in [2.05, 4.69) is 15.5 Å². The lowest BCUT2D eigenvalue weighted by Gasteiger charge is -2.25. The smallest absolute Gasteiger partial charge is 0.182 e. The van der Waals surface area contributed by atoms with Crippen molar-refractivity contribution in [1.29, 1.82) is 0 Å². The Bertz CT molecular complexity index is 561. The van der Waals surface area contributed by atoms with Crippen molar-refractivity contribution in [1.82, 2.24) is 20.2 Å². The van der Waals surface area contributed by atoms with E-state index in [1.165, 1.54) is 19.3 Å². The van der Waals surface area contributed by atoms with Crippen LogP contribution in [-0.2, 0) is 6.54 Å². The number of hydrogen-bond donors (Lipinski definition) is 1. The van der Waals surface area contributed by atoms with Crippen molar-refractivity contribution in [3.8, 4) is 11.4 Å². The van der Waals surface area contributed by atoms with E-state index in [9.17, 15) is 0 Å². The van der Waals surface area contributed by atoms with Crippen molar-refractivity contribution < 1.29 is 0 Å². The Hall–Kier alpha value is -1.62. The van der Waals surface area contributed by atoms with Crippen LogP contribution in [0.25, 0.3) is 11.4 Å². The molecule has 0 bridgehead atoms. The molecule has 0 unspecified atom stereocenters. The van der Waals surface area contributed by atoms with Crippen LogP contribution in [0.4, 0.5) is 5.69 Å². The molecule has 1 aliphatic rings. The zero-order valence-corrected chi connectivity index (χ0v) is 10.6. The zero-order valence-electron chi connectivity index (χ0n) is 9.88. The average molecular weight is 264 g/mol. The molecule has 0 amide bonds. The minimum Gasteiger partial charge on any atom is -0.398 e. The first-order chi connectivity index (χ1) is 8.74. The Morgan fingerprint density at radius 3 is 2.89 bits per heavy atom. The highest BCUT2D eigenvalue weighted by atomic mass is 35.5. The van der Waals surface area contributed by atoms with Gasteiger partial charge in [-0.3, -0.25) is 0 Å². The number of tetrazole rings is 1. The van der Waals surface area contributed by atoms with Gasteiger partial charge in [-0.15, -0.1) is 5.10 Å². The maximum Gasteiger partial charge on any atom is 0.182 e. The van der Waals surface area contributed by atoms with E-state index in [-0.39, 0.29) is 0 Å². The molecule has 1 aromatic carbocycles. The number of hydrogen-bond acceptors (Lipinski definition) is 4. The molecule has 0 saturated heterocycles. The van der Waals surface area contributed by atoms with Gasteiger partial charge in [0.25, 0.3) is 0 Å². The van der Waals surface area contributed by atoms with E-state index < -0.39 is 0 Å². The average Bonchev–Trinajstić information content (AvgIpc) is 2.75. The van der Waals surface area contributed by atoms with Gasteiger partial charge in [0.2, 0.25) is 0 Å². The predicted octanol–water partition coefficient (Wildman–Crippen LogP) is 2.38. The molecule has 94 valence electrons. The number of nitrogens with zero attached hydrogens (tertiary/aromatic N) is 4. The number of nitrogens with two attached hydrogens (primary N) is 1. The third kappa shape index (κ3) is 2.06. The van der Waals surface area contributed by atoms with Gasteiger partial charge in [0.15, 0.2) is 5.82 Å². The zero-order chi connectivity index (χ0) is 12.5. The highest BCUT2D eigenvalue weighted by Crippen LogP contribution is 2.30. The summed E-state index contributed by atoms with van der Waals surface area (Å²) in [5.74, 6) is 1.46. The van der Waals surface area contributed by atoms with Crippen LogP contribution in [0.15, 0.2) is 18.2 Å². The standard InChI is InChI=1S/C12H14ClN5/c13-10-6-9(4-5-11(10)14)12-15-16-17-18(12)7-8-2-1-3-8/h4-6,8H,1-3,7,14H2. The molecule has 1 saturated carbocycles. The van der Waals surface area contributed by atoms with Gasteiger partial charge < -0.3 is 5.73 Å². The first-order valence-corrected chi connectivity index (χ1v) is 6.43. The second-order valence-corrected chi connectivity index (χ2v) is 5.13. The van der Waals surface area contributed by atoms with Gasteiger partial charge in [-0.2, -0.15) is 0 Å². The number of benzene rings is 1. The van der Waals surface area contributed by atoms with Crippen LogP contribution in [0.3, 0.4) is 0 Å². The molecule has 0 atom stereocenters. The molecule has 3 rings (SSSR count). The second-order valence-electron chi connectivity index (χ2n) is 4.72. The minimum absolute atomic E-state index is 0.533. The number of halogens is 1. The molecule has 5 nitrogen and oxygen atoms in total. The third-order valence-electron chi connectivity index (χ3n) is 3.45. The van der Waals surface area contributed by atoms with Crippen molar-refractivity contribution in [2.24, 2.45) is 5.92 Å². The van der Waals surface area contributed by atoms with Crippen LogP contribution in [-0.4, -0.2) is 20.2 Å². The molecule has 18 heavy (non-hydrogen) atoms. The van der Waals surface area contributed by atoms with Gasteiger partial charge in [-0.05, 0) is 47.4 Å². The first-order valence-electron chi connectivity index (χ1n) is 6.05. The SMILES string of the molecule is Nc1ccc(-c2nnnn2CC2CCC2)cc1Cl. The molecule has 0 aliphatic heterocycles. The molecular formula is C12H14ClN5. The van der Waals surface area contributed by atoms with Gasteiger partial charge in [0.1, 0.15) is 0 Å². The highest BCUT2D eigenvalue weighted by Gasteiger charge is 2.20. The second kappa shape index (κ2) is 4.57. The monoisotopic (exact) mass is 263 g/mol. The lowest BCUT2D eigenvalue weighted by Crippen LogP contribution is -2.19. The fraction of sp³-hybridized carbons (Fsp3) is 0.417. The summed E-state index contributed by atoms with van der Waals surface area (Å²) in [6.45, 7) is 0.879. The summed E-state index contributed by atoms with van der Waals surface area (Å²) in [5, 5.41) is 12.4. The first kappa shape index (κ1) is 11.5. The molecule has 2 aromatic rings. The van der Waals surface area contributed by atoms with Gasteiger partial charge in [-0.25, -0.2) is 4.68 Å². The maximum atomic E-state index is 6.02. The van der Waals surface area contributed by atoms with Crippen molar-refractivity contribution >= 4 is 17.3 Å². The largest absolute Gasteiger partial charge is 0.398 e. The summed E-state index contributed by atoms with van der Waals surface area (Å²) >= 11 is 6.02. The van der Waals surface area contributed by atoms with Crippen LogP contribution in [0, 0.1) is 5.92 Å².